The molecule has 0 unspecified atom stereocenters. The van der Waals surface area contributed by atoms with Crippen LogP contribution in [0.3, 0.4) is 0 Å². The van der Waals surface area contributed by atoms with Crippen LogP contribution < -0.4 is 5.69 Å². The van der Waals surface area contributed by atoms with Gasteiger partial charge in [0.1, 0.15) is 0 Å². The topological polar surface area (TPSA) is 37.8 Å². The van der Waals surface area contributed by atoms with Gasteiger partial charge in [0.05, 0.1) is 11.3 Å². The molecule has 130 valence electrons. The molecule has 0 radical (unpaired) electrons. The van der Waals surface area contributed by atoms with Crippen LogP contribution in [-0.4, -0.2) is 9.55 Å². The van der Waals surface area contributed by atoms with Gasteiger partial charge in [-0.05, 0) is 36.2 Å². The summed E-state index contributed by atoms with van der Waals surface area (Å²) in [6, 6.07) is 10.2. The Morgan fingerprint density at radius 3 is 2.36 bits per heavy atom. The first kappa shape index (κ1) is 17.5. The molecule has 0 spiro atoms. The highest BCUT2D eigenvalue weighted by atomic mass is 79.9. The van der Waals surface area contributed by atoms with E-state index in [1.54, 1.807) is 24.4 Å². The molecule has 0 aliphatic heterocycles. The highest BCUT2D eigenvalue weighted by molar-refractivity contribution is 9.10. The molecule has 0 aliphatic carbocycles. The molecule has 0 saturated heterocycles. The van der Waals surface area contributed by atoms with Crippen LogP contribution in [0.5, 0.6) is 0 Å². The summed E-state index contributed by atoms with van der Waals surface area (Å²) < 4.78 is 40.5. The fourth-order valence-electron chi connectivity index (χ4n) is 2.63. The lowest BCUT2D eigenvalue weighted by atomic mass is 10.0. The van der Waals surface area contributed by atoms with Crippen molar-refractivity contribution < 1.29 is 13.2 Å². The van der Waals surface area contributed by atoms with Crippen LogP contribution in [0.1, 0.15) is 18.2 Å². The Balaban J connectivity index is 2.17. The first-order valence-electron chi connectivity index (χ1n) is 7.58. The third-order valence-electron chi connectivity index (χ3n) is 3.90. The van der Waals surface area contributed by atoms with Crippen molar-refractivity contribution in [3.63, 3.8) is 0 Å². The summed E-state index contributed by atoms with van der Waals surface area (Å²) in [7, 11) is 0. The molecule has 1 N–H and O–H groups in total. The van der Waals surface area contributed by atoms with Crippen molar-refractivity contribution in [3.8, 4) is 16.8 Å². The van der Waals surface area contributed by atoms with Crippen LogP contribution in [0.4, 0.5) is 13.2 Å². The van der Waals surface area contributed by atoms with Crippen LogP contribution in [-0.2, 0) is 12.6 Å². The summed E-state index contributed by atoms with van der Waals surface area (Å²) in [6.45, 7) is 1.92. The predicted octanol–water partition coefficient (Wildman–Crippen LogP) is 5.18. The summed E-state index contributed by atoms with van der Waals surface area (Å²) in [5.41, 5.74) is 1.61. The summed E-state index contributed by atoms with van der Waals surface area (Å²) in [5.74, 6) is 0. The maximum Gasteiger partial charge on any atom is 0.416 e. The number of aryl methyl sites for hydroxylation is 1. The van der Waals surface area contributed by atoms with Crippen LogP contribution >= 0.6 is 15.9 Å². The van der Waals surface area contributed by atoms with E-state index in [9.17, 15) is 18.0 Å². The van der Waals surface area contributed by atoms with Crippen LogP contribution in [0.25, 0.3) is 16.8 Å². The van der Waals surface area contributed by atoms with Gasteiger partial charge in [-0.15, -0.1) is 0 Å². The smallest absolute Gasteiger partial charge is 0.310 e. The van der Waals surface area contributed by atoms with Gasteiger partial charge < -0.3 is 4.98 Å². The van der Waals surface area contributed by atoms with E-state index < -0.39 is 11.7 Å². The summed E-state index contributed by atoms with van der Waals surface area (Å²) >= 11 is 3.44. The second kappa shape index (κ2) is 6.55. The van der Waals surface area contributed by atoms with E-state index in [-0.39, 0.29) is 5.69 Å². The van der Waals surface area contributed by atoms with Gasteiger partial charge in [-0.2, -0.15) is 13.2 Å². The average Bonchev–Trinajstić information content (AvgIpc) is 2.95. The summed E-state index contributed by atoms with van der Waals surface area (Å²) in [5, 5.41) is 0. The van der Waals surface area contributed by atoms with E-state index in [4.69, 9.17) is 0 Å². The lowest BCUT2D eigenvalue weighted by molar-refractivity contribution is -0.137. The number of alkyl halides is 3. The van der Waals surface area contributed by atoms with Crippen molar-refractivity contribution in [2.75, 3.05) is 0 Å². The molecule has 7 heteroatoms. The molecular weight excluding hydrogens is 397 g/mol. The Labute approximate surface area is 150 Å². The Morgan fingerprint density at radius 2 is 1.80 bits per heavy atom. The minimum Gasteiger partial charge on any atom is -0.310 e. The van der Waals surface area contributed by atoms with Crippen molar-refractivity contribution in [3.05, 3.63) is 74.9 Å². The first-order chi connectivity index (χ1) is 11.8. The number of rotatable bonds is 3. The van der Waals surface area contributed by atoms with Crippen LogP contribution in [0.15, 0.2) is 57.9 Å². The third kappa shape index (κ3) is 3.42. The van der Waals surface area contributed by atoms with E-state index in [0.717, 1.165) is 17.8 Å². The maximum absolute atomic E-state index is 12.8. The minimum absolute atomic E-state index is 0.289. The number of nitrogens with one attached hydrogen (secondary N) is 1. The van der Waals surface area contributed by atoms with Gasteiger partial charge in [0.15, 0.2) is 0 Å². The number of hydrogen-bond donors (Lipinski definition) is 1. The van der Waals surface area contributed by atoms with Crippen molar-refractivity contribution >= 4 is 15.9 Å². The fourth-order valence-corrected chi connectivity index (χ4v) is 3.21. The van der Waals surface area contributed by atoms with Gasteiger partial charge >= 0.3 is 11.9 Å². The van der Waals surface area contributed by atoms with Gasteiger partial charge in [-0.1, -0.05) is 41.1 Å². The van der Waals surface area contributed by atoms with Gasteiger partial charge in [0.25, 0.3) is 0 Å². The molecule has 2 aromatic carbocycles. The van der Waals surface area contributed by atoms with E-state index in [2.05, 4.69) is 20.9 Å². The quantitative estimate of drug-likeness (QED) is 0.634. The molecule has 0 bridgehead atoms. The van der Waals surface area contributed by atoms with Crippen molar-refractivity contribution in [1.29, 1.82) is 0 Å². The molecule has 0 atom stereocenters. The predicted molar refractivity (Wildman–Crippen MR) is 93.9 cm³/mol. The molecule has 25 heavy (non-hydrogen) atoms. The number of nitrogens with zero attached hydrogens (tertiary/aromatic N) is 1. The number of H-pyrrole nitrogens is 1. The zero-order valence-corrected chi connectivity index (χ0v) is 14.8. The first-order valence-corrected chi connectivity index (χ1v) is 8.37. The number of aromatic nitrogens is 2. The van der Waals surface area contributed by atoms with E-state index >= 15 is 0 Å². The van der Waals surface area contributed by atoms with Gasteiger partial charge in [0.2, 0.25) is 0 Å². The zero-order chi connectivity index (χ0) is 18.2. The largest absolute Gasteiger partial charge is 0.416 e. The number of hydrogen-bond acceptors (Lipinski definition) is 1. The summed E-state index contributed by atoms with van der Waals surface area (Å²) in [4.78, 5) is 15.0. The molecular formula is C18H14BrF3N2O. The zero-order valence-electron chi connectivity index (χ0n) is 13.2. The number of halogens is 4. The third-order valence-corrected chi connectivity index (χ3v) is 4.57. The molecule has 1 aromatic heterocycles. The molecule has 3 nitrogen and oxygen atoms in total. The van der Waals surface area contributed by atoms with E-state index in [1.165, 1.54) is 16.7 Å². The molecule has 3 aromatic rings. The number of benzene rings is 2. The molecule has 0 fully saturated rings. The van der Waals surface area contributed by atoms with Crippen molar-refractivity contribution in [1.82, 2.24) is 9.55 Å². The van der Waals surface area contributed by atoms with E-state index in [1.807, 2.05) is 6.92 Å². The monoisotopic (exact) mass is 410 g/mol. The summed E-state index contributed by atoms with van der Waals surface area (Å²) in [6.07, 6.45) is -2.01. The molecule has 0 aliphatic rings. The highest BCUT2D eigenvalue weighted by Gasteiger charge is 2.30. The second-order valence-corrected chi connectivity index (χ2v) is 6.37. The Hall–Kier alpha value is -2.28. The van der Waals surface area contributed by atoms with Crippen LogP contribution in [0, 0.1) is 0 Å². The maximum atomic E-state index is 12.8. The van der Waals surface area contributed by atoms with E-state index in [0.29, 0.717) is 27.7 Å². The van der Waals surface area contributed by atoms with Gasteiger partial charge in [0, 0.05) is 21.9 Å². The number of aromatic amines is 1. The lowest BCUT2D eigenvalue weighted by Gasteiger charge is -2.13. The van der Waals surface area contributed by atoms with Crippen molar-refractivity contribution in [2.24, 2.45) is 0 Å². The Morgan fingerprint density at radius 1 is 1.12 bits per heavy atom. The van der Waals surface area contributed by atoms with Gasteiger partial charge in [-0.3, -0.25) is 4.57 Å². The molecule has 3 rings (SSSR count). The standard InChI is InChI=1S/C18H14BrF3N2O/c1-2-13-10-24(17(25)23-13)15-5-3-4-14(19)16(15)11-6-8-12(9-7-11)18(20,21)22/h3-10H,2H2,1H3,(H,23,25). The highest BCUT2D eigenvalue weighted by Crippen LogP contribution is 2.36. The average molecular weight is 411 g/mol. The normalized spacial score (nSPS) is 11.7. The lowest BCUT2D eigenvalue weighted by Crippen LogP contribution is -2.15. The minimum atomic E-state index is -4.39. The SMILES string of the molecule is CCc1cn(-c2cccc(Br)c2-c2ccc(C(F)(F)F)cc2)c(=O)[nH]1. The molecule has 0 amide bonds. The van der Waals surface area contributed by atoms with Crippen molar-refractivity contribution in [2.45, 2.75) is 19.5 Å². The van der Waals surface area contributed by atoms with Gasteiger partial charge in [-0.25, -0.2) is 4.79 Å². The number of imidazole rings is 1. The molecule has 0 saturated carbocycles. The Bertz CT molecular complexity index is 956. The Kier molecular flexibility index (Phi) is 4.60. The second-order valence-electron chi connectivity index (χ2n) is 5.52. The molecule has 1 heterocycles. The van der Waals surface area contributed by atoms with Crippen LogP contribution in [0.2, 0.25) is 0 Å². The fraction of sp³-hybridized carbons (Fsp3) is 0.167.